The Balaban J connectivity index is 0.00000213. The smallest absolute Gasteiger partial charge is 0.256 e. The number of hydrogen-bond acceptors (Lipinski definition) is 8. The third-order valence-corrected chi connectivity index (χ3v) is 9.45. The Kier molecular flexibility index (Phi) is 16.3. The van der Waals surface area contributed by atoms with Crippen LogP contribution in [0.3, 0.4) is 0 Å². The van der Waals surface area contributed by atoms with E-state index in [1.807, 2.05) is 37.1 Å². The van der Waals surface area contributed by atoms with E-state index in [1.54, 1.807) is 36.2 Å². The van der Waals surface area contributed by atoms with Crippen molar-refractivity contribution in [2.24, 2.45) is 11.0 Å². The van der Waals surface area contributed by atoms with Gasteiger partial charge in [0.25, 0.3) is 5.91 Å². The van der Waals surface area contributed by atoms with Gasteiger partial charge in [-0.2, -0.15) is 18.6 Å². The summed E-state index contributed by atoms with van der Waals surface area (Å²) in [5.41, 5.74) is 5.25. The Bertz CT molecular complexity index is 1420. The highest BCUT2D eigenvalue weighted by atomic mass is 32.1. The van der Waals surface area contributed by atoms with Crippen LogP contribution in [0.25, 0.3) is 0 Å². The number of nitrogens with zero attached hydrogens (tertiary/aromatic N) is 6. The van der Waals surface area contributed by atoms with Gasteiger partial charge in [-0.15, -0.1) is 0 Å². The van der Waals surface area contributed by atoms with Gasteiger partial charge in [0, 0.05) is 96.6 Å². The van der Waals surface area contributed by atoms with Crippen molar-refractivity contribution in [2.45, 2.75) is 33.1 Å². The molecule has 3 heterocycles. The number of amides is 2. The fraction of sp³-hybridized carbons (Fsp3) is 0.514. The number of carbonyl (C=O) groups excluding carboxylic acids is 3. The molecule has 5 rings (SSSR count). The minimum Gasteiger partial charge on any atom is -0.378 e. The van der Waals surface area contributed by atoms with Crippen LogP contribution in [-0.4, -0.2) is 134 Å². The molecule has 0 unspecified atom stereocenters. The summed E-state index contributed by atoms with van der Waals surface area (Å²) in [6.45, 7) is 16.9. The predicted molar refractivity (Wildman–Crippen MR) is 199 cm³/mol. The number of hydrogen-bond donors (Lipinski definition) is 1. The Morgan fingerprint density at radius 2 is 1.53 bits per heavy atom. The van der Waals surface area contributed by atoms with Gasteiger partial charge in [0.1, 0.15) is 5.82 Å². The first-order valence-electron chi connectivity index (χ1n) is 17.3. The second kappa shape index (κ2) is 20.1. The zero-order valence-electron chi connectivity index (χ0n) is 29.4. The molecule has 10 nitrogen and oxygen atoms in total. The standard InChI is InChI=1S/C35H46FN7O3.C2H6.H2S/c1-3-39-12-10-27(11-13-39)24-40-14-16-41(17-15-40)25-34(45)42-18-20-43(21-19-42)35(46)31-22-28(8-9-32(31)36)23-33(38-37-2)30-7-5-4-6-29(30)26-44;1-2;/h3-9,22,26-27,37H,1,10-21,23-25H2,2H3;1-2H3;1H2/b38-33-;;. The zero-order valence-corrected chi connectivity index (χ0v) is 30.4. The molecule has 0 atom stereocenters. The van der Waals surface area contributed by atoms with E-state index >= 15 is 0 Å². The third-order valence-electron chi connectivity index (χ3n) is 9.45. The van der Waals surface area contributed by atoms with E-state index in [9.17, 15) is 18.8 Å². The molecule has 0 radical (unpaired) electrons. The molecule has 0 spiro atoms. The lowest BCUT2D eigenvalue weighted by molar-refractivity contribution is -0.134. The van der Waals surface area contributed by atoms with Crippen molar-refractivity contribution in [3.63, 3.8) is 0 Å². The summed E-state index contributed by atoms with van der Waals surface area (Å²) in [7, 11) is 1.67. The van der Waals surface area contributed by atoms with Crippen LogP contribution in [0.5, 0.6) is 0 Å². The van der Waals surface area contributed by atoms with Crippen LogP contribution >= 0.6 is 13.5 Å². The van der Waals surface area contributed by atoms with Crippen molar-refractivity contribution in [3.8, 4) is 0 Å². The maximum atomic E-state index is 14.9. The largest absolute Gasteiger partial charge is 0.378 e. The first-order chi connectivity index (χ1) is 23.4. The molecule has 12 heteroatoms. The van der Waals surface area contributed by atoms with Crippen LogP contribution in [0.1, 0.15) is 58.5 Å². The van der Waals surface area contributed by atoms with E-state index in [-0.39, 0.29) is 25.0 Å². The molecule has 2 amide bonds. The molecular formula is C37H54FN7O3S. The number of hydrazone groups is 1. The lowest BCUT2D eigenvalue weighted by atomic mass is 9.96. The fourth-order valence-corrected chi connectivity index (χ4v) is 6.67. The summed E-state index contributed by atoms with van der Waals surface area (Å²) < 4.78 is 14.9. The average molecular weight is 696 g/mol. The summed E-state index contributed by atoms with van der Waals surface area (Å²) in [5.74, 6) is -0.167. The number of carbonyl (C=O) groups is 3. The topological polar surface area (TPSA) is 91.8 Å². The Morgan fingerprint density at radius 1 is 0.898 bits per heavy atom. The van der Waals surface area contributed by atoms with Gasteiger partial charge in [-0.3, -0.25) is 19.3 Å². The molecule has 3 aliphatic heterocycles. The van der Waals surface area contributed by atoms with E-state index in [4.69, 9.17) is 0 Å². The van der Waals surface area contributed by atoms with Gasteiger partial charge >= 0.3 is 0 Å². The van der Waals surface area contributed by atoms with Crippen molar-refractivity contribution < 1.29 is 18.8 Å². The molecular weight excluding hydrogens is 642 g/mol. The van der Waals surface area contributed by atoms with Gasteiger partial charge < -0.3 is 25.0 Å². The Labute approximate surface area is 298 Å². The van der Waals surface area contributed by atoms with Crippen molar-refractivity contribution in [1.82, 2.24) is 29.9 Å². The summed E-state index contributed by atoms with van der Waals surface area (Å²) in [5, 5.41) is 4.36. The predicted octanol–water partition coefficient (Wildman–Crippen LogP) is 3.70. The first kappa shape index (κ1) is 39.7. The number of piperazine rings is 2. The minimum atomic E-state index is -0.589. The first-order valence-corrected chi connectivity index (χ1v) is 17.3. The molecule has 2 aromatic rings. The van der Waals surface area contributed by atoms with Crippen LogP contribution in [0.15, 0.2) is 60.3 Å². The molecule has 0 aromatic heterocycles. The summed E-state index contributed by atoms with van der Waals surface area (Å²) in [6.07, 6.45) is 5.45. The average Bonchev–Trinajstić information content (AvgIpc) is 3.14. The molecule has 0 aliphatic carbocycles. The molecule has 3 saturated heterocycles. The third kappa shape index (κ3) is 10.9. The molecule has 0 saturated carbocycles. The lowest BCUT2D eigenvalue weighted by Gasteiger charge is -2.39. The number of halogens is 1. The van der Waals surface area contributed by atoms with E-state index in [0.717, 1.165) is 58.0 Å². The SMILES string of the molecule is C=CN1CCC(CN2CCN(CC(=O)N3CCN(C(=O)c4cc(C/C(=N/NC)c5ccccc5C=O)ccc4F)CC3)CC2)CC1.CC.S. The van der Waals surface area contributed by atoms with Gasteiger partial charge in [0.05, 0.1) is 17.8 Å². The van der Waals surface area contributed by atoms with E-state index in [1.165, 1.54) is 18.9 Å². The van der Waals surface area contributed by atoms with Crippen LogP contribution in [0.4, 0.5) is 4.39 Å². The minimum absolute atomic E-state index is 0. The molecule has 2 aromatic carbocycles. The number of piperidine rings is 1. The number of rotatable bonds is 11. The maximum Gasteiger partial charge on any atom is 0.256 e. The van der Waals surface area contributed by atoms with Gasteiger partial charge in [0.2, 0.25) is 5.91 Å². The van der Waals surface area contributed by atoms with E-state index < -0.39 is 11.7 Å². The van der Waals surface area contributed by atoms with E-state index in [0.29, 0.717) is 61.5 Å². The lowest BCUT2D eigenvalue weighted by Crippen LogP contribution is -2.55. The Hall–Kier alpha value is -3.74. The fourth-order valence-electron chi connectivity index (χ4n) is 6.67. The number of aldehydes is 1. The number of likely N-dealkylation sites (tertiary alicyclic amines) is 1. The van der Waals surface area contributed by atoms with Crippen LogP contribution < -0.4 is 5.43 Å². The number of benzene rings is 2. The summed E-state index contributed by atoms with van der Waals surface area (Å²) in [6, 6.07) is 11.6. The molecule has 3 fully saturated rings. The van der Waals surface area contributed by atoms with Gasteiger partial charge in [-0.05, 0) is 42.7 Å². The molecule has 3 aliphatic rings. The van der Waals surface area contributed by atoms with E-state index in [2.05, 4.69) is 31.8 Å². The second-order valence-corrected chi connectivity index (χ2v) is 12.4. The van der Waals surface area contributed by atoms with Gasteiger partial charge in [-0.25, -0.2) is 4.39 Å². The van der Waals surface area contributed by atoms with Crippen LogP contribution in [-0.2, 0) is 11.2 Å². The molecule has 1 N–H and O–H groups in total. The highest BCUT2D eigenvalue weighted by molar-refractivity contribution is 7.59. The zero-order chi connectivity index (χ0) is 34.5. The van der Waals surface area contributed by atoms with Crippen molar-refractivity contribution >= 4 is 37.3 Å². The second-order valence-electron chi connectivity index (χ2n) is 12.4. The molecule has 49 heavy (non-hydrogen) atoms. The Morgan fingerprint density at radius 3 is 2.16 bits per heavy atom. The van der Waals surface area contributed by atoms with Crippen LogP contribution in [0, 0.1) is 11.7 Å². The van der Waals surface area contributed by atoms with Gasteiger partial charge in [0.15, 0.2) is 6.29 Å². The summed E-state index contributed by atoms with van der Waals surface area (Å²) in [4.78, 5) is 48.7. The highest BCUT2D eigenvalue weighted by Gasteiger charge is 2.29. The monoisotopic (exact) mass is 695 g/mol. The van der Waals surface area contributed by atoms with Crippen LogP contribution in [0.2, 0.25) is 0 Å². The molecule has 268 valence electrons. The summed E-state index contributed by atoms with van der Waals surface area (Å²) >= 11 is 0. The van der Waals surface area contributed by atoms with Crippen molar-refractivity contribution in [2.75, 3.05) is 85.6 Å². The van der Waals surface area contributed by atoms with Crippen molar-refractivity contribution in [3.05, 3.63) is 83.3 Å². The quantitative estimate of drug-likeness (QED) is 0.218. The highest BCUT2D eigenvalue weighted by Crippen LogP contribution is 2.20. The number of nitrogens with one attached hydrogen (secondary N) is 1. The molecule has 0 bridgehead atoms. The normalized spacial score (nSPS) is 17.8. The van der Waals surface area contributed by atoms with Gasteiger partial charge in [-0.1, -0.05) is 50.8 Å². The van der Waals surface area contributed by atoms with Crippen molar-refractivity contribution in [1.29, 1.82) is 0 Å². The maximum absolute atomic E-state index is 14.9.